The Morgan fingerprint density at radius 3 is 2.73 bits per heavy atom. The van der Waals surface area contributed by atoms with Gasteiger partial charge in [0.2, 0.25) is 0 Å². The summed E-state index contributed by atoms with van der Waals surface area (Å²) in [5, 5.41) is 13.9. The molecule has 4 aromatic rings. The standard InChI is InChI=1S/C19H15N3O4/c20-18-14-10-13(16-8-9-17(25-16)26-19(23)24)6-7-15(14)22(21-18)11-12-4-2-1-3-5-12/h1-10H,11H2,(H2,20,21)(H,23,24). The van der Waals surface area contributed by atoms with Gasteiger partial charge in [0, 0.05) is 17.0 Å². The van der Waals surface area contributed by atoms with Gasteiger partial charge in [-0.25, -0.2) is 4.79 Å². The molecule has 0 saturated carbocycles. The highest BCUT2D eigenvalue weighted by atomic mass is 16.7. The third-order valence-electron chi connectivity index (χ3n) is 4.01. The quantitative estimate of drug-likeness (QED) is 0.540. The zero-order valence-electron chi connectivity index (χ0n) is 13.6. The average molecular weight is 349 g/mol. The predicted molar refractivity (Wildman–Crippen MR) is 96.0 cm³/mol. The number of nitrogen functional groups attached to an aromatic ring is 1. The first-order valence-corrected chi connectivity index (χ1v) is 7.91. The van der Waals surface area contributed by atoms with Gasteiger partial charge in [-0.1, -0.05) is 30.3 Å². The number of carbonyl (C=O) groups is 1. The Hall–Kier alpha value is -3.74. The van der Waals surface area contributed by atoms with E-state index >= 15 is 0 Å². The lowest BCUT2D eigenvalue weighted by atomic mass is 10.1. The smallest absolute Gasteiger partial charge is 0.449 e. The molecule has 0 radical (unpaired) electrons. The number of ether oxygens (including phenoxy) is 1. The molecule has 0 atom stereocenters. The zero-order chi connectivity index (χ0) is 18.1. The second-order valence-electron chi connectivity index (χ2n) is 5.75. The largest absolute Gasteiger partial charge is 0.513 e. The van der Waals surface area contributed by atoms with Crippen LogP contribution in [0.4, 0.5) is 10.6 Å². The molecule has 0 bridgehead atoms. The molecule has 4 rings (SSSR count). The summed E-state index contributed by atoms with van der Waals surface area (Å²) in [4.78, 5) is 10.6. The summed E-state index contributed by atoms with van der Waals surface area (Å²) in [7, 11) is 0. The van der Waals surface area contributed by atoms with Crippen molar-refractivity contribution >= 4 is 22.9 Å². The topological polar surface area (TPSA) is 104 Å². The van der Waals surface area contributed by atoms with Crippen molar-refractivity contribution in [2.75, 3.05) is 5.73 Å². The zero-order valence-corrected chi connectivity index (χ0v) is 13.6. The van der Waals surface area contributed by atoms with E-state index in [1.807, 2.05) is 53.2 Å². The summed E-state index contributed by atoms with van der Waals surface area (Å²) in [6, 6.07) is 18.7. The molecule has 7 nitrogen and oxygen atoms in total. The first-order valence-electron chi connectivity index (χ1n) is 7.91. The van der Waals surface area contributed by atoms with Crippen molar-refractivity contribution < 1.29 is 19.1 Å². The normalized spacial score (nSPS) is 10.9. The first kappa shape index (κ1) is 15.8. The van der Waals surface area contributed by atoms with E-state index in [-0.39, 0.29) is 5.95 Å². The van der Waals surface area contributed by atoms with Gasteiger partial charge in [0.15, 0.2) is 5.82 Å². The molecule has 26 heavy (non-hydrogen) atoms. The van der Waals surface area contributed by atoms with Crippen LogP contribution in [0.15, 0.2) is 65.1 Å². The van der Waals surface area contributed by atoms with E-state index in [0.29, 0.717) is 18.1 Å². The van der Waals surface area contributed by atoms with Gasteiger partial charge in [0.1, 0.15) is 5.76 Å². The van der Waals surface area contributed by atoms with Crippen LogP contribution in [0.1, 0.15) is 5.56 Å². The number of furan rings is 1. The molecule has 0 fully saturated rings. The number of carboxylic acid groups (broad SMARTS) is 1. The number of hydrogen-bond acceptors (Lipinski definition) is 5. The van der Waals surface area contributed by atoms with E-state index in [1.54, 1.807) is 6.07 Å². The lowest BCUT2D eigenvalue weighted by Gasteiger charge is -2.04. The van der Waals surface area contributed by atoms with E-state index < -0.39 is 6.16 Å². The van der Waals surface area contributed by atoms with Crippen molar-refractivity contribution in [3.05, 3.63) is 66.2 Å². The molecule has 2 aromatic heterocycles. The minimum atomic E-state index is -1.42. The summed E-state index contributed by atoms with van der Waals surface area (Å²) in [6.45, 7) is 0.616. The number of benzene rings is 2. The number of fused-ring (bicyclic) bond motifs is 1. The second-order valence-corrected chi connectivity index (χ2v) is 5.75. The minimum absolute atomic E-state index is 0.0830. The summed E-state index contributed by atoms with van der Waals surface area (Å²) >= 11 is 0. The second kappa shape index (κ2) is 6.29. The predicted octanol–water partition coefficient (Wildman–Crippen LogP) is 3.98. The van der Waals surface area contributed by atoms with E-state index in [2.05, 4.69) is 9.84 Å². The van der Waals surface area contributed by atoms with Gasteiger partial charge in [0.25, 0.3) is 5.95 Å². The van der Waals surface area contributed by atoms with Gasteiger partial charge in [0.05, 0.1) is 12.1 Å². The van der Waals surface area contributed by atoms with Gasteiger partial charge in [-0.05, 0) is 29.8 Å². The molecule has 130 valence electrons. The van der Waals surface area contributed by atoms with Crippen LogP contribution < -0.4 is 10.5 Å². The summed E-state index contributed by atoms with van der Waals surface area (Å²) in [5.41, 5.74) is 8.87. The van der Waals surface area contributed by atoms with Crippen molar-refractivity contribution in [1.82, 2.24) is 9.78 Å². The van der Waals surface area contributed by atoms with Gasteiger partial charge in [-0.3, -0.25) is 4.68 Å². The van der Waals surface area contributed by atoms with Crippen molar-refractivity contribution in [3.63, 3.8) is 0 Å². The number of nitrogens with two attached hydrogens (primary N) is 1. The minimum Gasteiger partial charge on any atom is -0.449 e. The maximum Gasteiger partial charge on any atom is 0.513 e. The van der Waals surface area contributed by atoms with Crippen molar-refractivity contribution in [2.24, 2.45) is 0 Å². The molecule has 0 saturated heterocycles. The number of nitrogens with zero attached hydrogens (tertiary/aromatic N) is 2. The van der Waals surface area contributed by atoms with E-state index in [9.17, 15) is 4.79 Å². The number of aromatic nitrogens is 2. The van der Waals surface area contributed by atoms with Crippen molar-refractivity contribution in [3.8, 4) is 17.3 Å². The molecule has 0 spiro atoms. The molecule has 0 aliphatic carbocycles. The SMILES string of the molecule is Nc1nn(Cc2ccccc2)c2ccc(-c3ccc(OC(=O)O)o3)cc12. The molecule has 0 amide bonds. The monoisotopic (exact) mass is 349 g/mol. The summed E-state index contributed by atoms with van der Waals surface area (Å²) in [6.07, 6.45) is -1.42. The first-order chi connectivity index (χ1) is 12.6. The van der Waals surface area contributed by atoms with Gasteiger partial charge < -0.3 is 20.0 Å². The Bertz CT molecular complexity index is 1080. The van der Waals surface area contributed by atoms with E-state index in [1.165, 1.54) is 6.07 Å². The lowest BCUT2D eigenvalue weighted by Crippen LogP contribution is -2.01. The fourth-order valence-corrected chi connectivity index (χ4v) is 2.85. The fourth-order valence-electron chi connectivity index (χ4n) is 2.85. The number of anilines is 1. The number of rotatable bonds is 4. The Labute approximate surface area is 148 Å². The summed E-state index contributed by atoms with van der Waals surface area (Å²) in [5.74, 6) is 0.824. The van der Waals surface area contributed by atoms with Crippen LogP contribution in [0.3, 0.4) is 0 Å². The Morgan fingerprint density at radius 1 is 1.15 bits per heavy atom. The van der Waals surface area contributed by atoms with Crippen LogP contribution >= 0.6 is 0 Å². The maximum atomic E-state index is 10.6. The third kappa shape index (κ3) is 2.98. The molecular weight excluding hydrogens is 334 g/mol. The Morgan fingerprint density at radius 2 is 1.96 bits per heavy atom. The van der Waals surface area contributed by atoms with E-state index in [0.717, 1.165) is 22.0 Å². The Kier molecular flexibility index (Phi) is 3.81. The van der Waals surface area contributed by atoms with Crippen LogP contribution in [0, 0.1) is 0 Å². The molecular formula is C19H15N3O4. The highest BCUT2D eigenvalue weighted by molar-refractivity contribution is 5.92. The van der Waals surface area contributed by atoms with Gasteiger partial charge in [-0.2, -0.15) is 5.10 Å². The third-order valence-corrected chi connectivity index (χ3v) is 4.01. The maximum absolute atomic E-state index is 10.6. The highest BCUT2D eigenvalue weighted by Crippen LogP contribution is 2.31. The molecule has 7 heteroatoms. The van der Waals surface area contributed by atoms with E-state index in [4.69, 9.17) is 15.3 Å². The fraction of sp³-hybridized carbons (Fsp3) is 0.0526. The lowest BCUT2D eigenvalue weighted by molar-refractivity contribution is 0.133. The molecule has 0 aliphatic heterocycles. The van der Waals surface area contributed by atoms with Gasteiger partial charge in [-0.15, -0.1) is 0 Å². The molecule has 0 unspecified atom stereocenters. The highest BCUT2D eigenvalue weighted by Gasteiger charge is 2.13. The van der Waals surface area contributed by atoms with Crippen LogP contribution in [-0.4, -0.2) is 21.0 Å². The van der Waals surface area contributed by atoms with Crippen molar-refractivity contribution in [2.45, 2.75) is 6.54 Å². The molecule has 2 aromatic carbocycles. The van der Waals surface area contributed by atoms with Crippen LogP contribution in [0.25, 0.3) is 22.2 Å². The van der Waals surface area contributed by atoms with Gasteiger partial charge >= 0.3 is 6.16 Å². The van der Waals surface area contributed by atoms with Crippen molar-refractivity contribution in [1.29, 1.82) is 0 Å². The van der Waals surface area contributed by atoms with Crippen LogP contribution in [0.2, 0.25) is 0 Å². The molecule has 3 N–H and O–H groups in total. The van der Waals surface area contributed by atoms with Crippen LogP contribution in [-0.2, 0) is 6.54 Å². The van der Waals surface area contributed by atoms with Crippen LogP contribution in [0.5, 0.6) is 5.95 Å². The summed E-state index contributed by atoms with van der Waals surface area (Å²) < 4.78 is 11.8. The number of hydrogen-bond donors (Lipinski definition) is 2. The molecule has 2 heterocycles. The molecule has 0 aliphatic rings. The Balaban J connectivity index is 1.69. The average Bonchev–Trinajstić information content (AvgIpc) is 3.20.